The summed E-state index contributed by atoms with van der Waals surface area (Å²) in [5.41, 5.74) is 0. The van der Waals surface area contributed by atoms with Crippen molar-refractivity contribution in [1.82, 2.24) is 5.32 Å². The lowest BCUT2D eigenvalue weighted by Gasteiger charge is -2.29. The number of methoxy groups -OCH3 is 1. The topological polar surface area (TPSA) is 38.3 Å². The Kier molecular flexibility index (Phi) is 3.53. The number of carbonyl (C=O) groups excluding carboxylic acids is 1. The van der Waals surface area contributed by atoms with Crippen molar-refractivity contribution in [3.05, 3.63) is 0 Å². The molecule has 12 heavy (non-hydrogen) atoms. The third kappa shape index (κ3) is 1.97. The molecule has 0 aliphatic carbocycles. The maximum atomic E-state index is 11.3. The maximum absolute atomic E-state index is 11.3. The molecule has 1 saturated heterocycles. The van der Waals surface area contributed by atoms with Crippen molar-refractivity contribution in [3.8, 4) is 0 Å². The van der Waals surface area contributed by atoms with Gasteiger partial charge >= 0.3 is 5.97 Å². The van der Waals surface area contributed by atoms with Crippen LogP contribution in [0.1, 0.15) is 26.2 Å². The van der Waals surface area contributed by atoms with Gasteiger partial charge in [0.25, 0.3) is 0 Å². The number of hydrogen-bond donors (Lipinski definition) is 1. The van der Waals surface area contributed by atoms with Crippen molar-refractivity contribution in [3.63, 3.8) is 0 Å². The Morgan fingerprint density at radius 1 is 1.67 bits per heavy atom. The van der Waals surface area contributed by atoms with Crippen LogP contribution in [0.2, 0.25) is 0 Å². The highest BCUT2D eigenvalue weighted by molar-refractivity contribution is 5.73. The molecule has 0 unspecified atom stereocenters. The number of rotatable bonds is 2. The average molecular weight is 171 g/mol. The molecule has 0 aromatic carbocycles. The molecule has 0 radical (unpaired) electrons. The van der Waals surface area contributed by atoms with Crippen LogP contribution in [0, 0.1) is 5.92 Å². The number of hydrogen-bond acceptors (Lipinski definition) is 3. The van der Waals surface area contributed by atoms with Gasteiger partial charge < -0.3 is 10.1 Å². The van der Waals surface area contributed by atoms with Gasteiger partial charge in [0.15, 0.2) is 0 Å². The maximum Gasteiger partial charge on any atom is 0.310 e. The zero-order valence-corrected chi connectivity index (χ0v) is 7.80. The predicted octanol–water partition coefficient (Wildman–Crippen LogP) is 0.938. The van der Waals surface area contributed by atoms with Gasteiger partial charge in [-0.1, -0.05) is 6.92 Å². The van der Waals surface area contributed by atoms with E-state index in [0.717, 1.165) is 25.8 Å². The summed E-state index contributed by atoms with van der Waals surface area (Å²) in [5.74, 6) is 0.0165. The molecule has 0 bridgehead atoms. The van der Waals surface area contributed by atoms with Crippen LogP contribution in [-0.2, 0) is 9.53 Å². The third-order valence-corrected chi connectivity index (χ3v) is 2.53. The number of ether oxygens (including phenoxy) is 1. The molecule has 2 atom stereocenters. The fourth-order valence-corrected chi connectivity index (χ4v) is 1.82. The lowest BCUT2D eigenvalue weighted by molar-refractivity contribution is -0.147. The summed E-state index contributed by atoms with van der Waals surface area (Å²) in [5, 5.41) is 3.33. The fraction of sp³-hybridized carbons (Fsp3) is 0.889. The smallest absolute Gasteiger partial charge is 0.310 e. The highest BCUT2D eigenvalue weighted by atomic mass is 16.5. The number of nitrogens with one attached hydrogen (secondary N) is 1. The molecule has 3 nitrogen and oxygen atoms in total. The quantitative estimate of drug-likeness (QED) is 0.628. The standard InChI is InChI=1S/C9H17NO2/c1-3-8-7(9(11)12-2)5-4-6-10-8/h7-8,10H,3-6H2,1-2H3/t7-,8-/m1/s1. The molecule has 3 heteroatoms. The largest absolute Gasteiger partial charge is 0.469 e. The van der Waals surface area contributed by atoms with E-state index in [4.69, 9.17) is 4.74 Å². The number of carbonyl (C=O) groups is 1. The molecule has 70 valence electrons. The molecule has 0 aromatic heterocycles. The van der Waals surface area contributed by atoms with Crippen molar-refractivity contribution in [2.75, 3.05) is 13.7 Å². The van der Waals surface area contributed by atoms with Crippen LogP contribution in [0.3, 0.4) is 0 Å². The molecule has 0 saturated carbocycles. The van der Waals surface area contributed by atoms with Crippen molar-refractivity contribution in [1.29, 1.82) is 0 Å². The highest BCUT2D eigenvalue weighted by Crippen LogP contribution is 2.19. The summed E-state index contributed by atoms with van der Waals surface area (Å²) in [6.45, 7) is 3.13. The van der Waals surface area contributed by atoms with Gasteiger partial charge in [-0.25, -0.2) is 0 Å². The normalized spacial score (nSPS) is 29.8. The Morgan fingerprint density at radius 2 is 2.42 bits per heavy atom. The summed E-state index contributed by atoms with van der Waals surface area (Å²) in [7, 11) is 1.46. The van der Waals surface area contributed by atoms with Crippen LogP contribution in [0.4, 0.5) is 0 Å². The van der Waals surface area contributed by atoms with E-state index in [1.54, 1.807) is 0 Å². The molecule has 1 heterocycles. The molecular formula is C9H17NO2. The van der Waals surface area contributed by atoms with E-state index in [-0.39, 0.29) is 11.9 Å². The number of piperidine rings is 1. The van der Waals surface area contributed by atoms with Crippen LogP contribution in [0.5, 0.6) is 0 Å². The molecule has 0 aromatic rings. The van der Waals surface area contributed by atoms with Gasteiger partial charge in [-0.15, -0.1) is 0 Å². The van der Waals surface area contributed by atoms with Crippen LogP contribution < -0.4 is 5.32 Å². The first-order valence-corrected chi connectivity index (χ1v) is 4.60. The zero-order chi connectivity index (χ0) is 8.97. The van der Waals surface area contributed by atoms with Crippen LogP contribution in [0.15, 0.2) is 0 Å². The van der Waals surface area contributed by atoms with E-state index in [1.807, 2.05) is 0 Å². The van der Waals surface area contributed by atoms with Crippen LogP contribution in [0.25, 0.3) is 0 Å². The molecular weight excluding hydrogens is 154 g/mol. The van der Waals surface area contributed by atoms with Gasteiger partial charge in [0.1, 0.15) is 0 Å². The fourth-order valence-electron chi connectivity index (χ4n) is 1.82. The third-order valence-electron chi connectivity index (χ3n) is 2.53. The summed E-state index contributed by atoms with van der Waals surface area (Å²) in [6, 6.07) is 0.325. The van der Waals surface area contributed by atoms with Crippen molar-refractivity contribution < 1.29 is 9.53 Å². The van der Waals surface area contributed by atoms with Gasteiger partial charge in [0.2, 0.25) is 0 Å². The van der Waals surface area contributed by atoms with Crippen molar-refractivity contribution >= 4 is 5.97 Å². The summed E-state index contributed by atoms with van der Waals surface area (Å²) >= 11 is 0. The Balaban J connectivity index is 2.52. The summed E-state index contributed by atoms with van der Waals surface area (Å²) in [4.78, 5) is 11.3. The molecule has 0 spiro atoms. The Morgan fingerprint density at radius 3 is 3.00 bits per heavy atom. The van der Waals surface area contributed by atoms with E-state index in [2.05, 4.69) is 12.2 Å². The first kappa shape index (κ1) is 9.52. The predicted molar refractivity (Wildman–Crippen MR) is 46.8 cm³/mol. The highest BCUT2D eigenvalue weighted by Gasteiger charge is 2.29. The SMILES string of the molecule is CC[C@H]1NCCC[C@H]1C(=O)OC. The molecule has 0 amide bonds. The molecule has 1 fully saturated rings. The number of esters is 1. The lowest BCUT2D eigenvalue weighted by atomic mass is 9.89. The van der Waals surface area contributed by atoms with E-state index >= 15 is 0 Å². The summed E-state index contributed by atoms with van der Waals surface area (Å²) < 4.78 is 4.74. The van der Waals surface area contributed by atoms with Crippen LogP contribution >= 0.6 is 0 Å². The van der Waals surface area contributed by atoms with Crippen molar-refractivity contribution in [2.45, 2.75) is 32.2 Å². The second-order valence-electron chi connectivity index (χ2n) is 3.24. The minimum absolute atomic E-state index is 0.0611. The monoisotopic (exact) mass is 171 g/mol. The molecule has 1 N–H and O–H groups in total. The zero-order valence-electron chi connectivity index (χ0n) is 7.80. The van der Waals surface area contributed by atoms with Crippen LogP contribution in [-0.4, -0.2) is 25.7 Å². The van der Waals surface area contributed by atoms with E-state index in [9.17, 15) is 4.79 Å². The first-order chi connectivity index (χ1) is 5.79. The molecule has 1 aliphatic heterocycles. The van der Waals surface area contributed by atoms with Gasteiger partial charge in [-0.2, -0.15) is 0 Å². The van der Waals surface area contributed by atoms with Gasteiger partial charge in [-0.05, 0) is 25.8 Å². The second kappa shape index (κ2) is 4.45. The molecule has 1 rings (SSSR count). The van der Waals surface area contributed by atoms with Gasteiger partial charge in [-0.3, -0.25) is 4.79 Å². The van der Waals surface area contributed by atoms with E-state index in [1.165, 1.54) is 7.11 Å². The van der Waals surface area contributed by atoms with Gasteiger partial charge in [0.05, 0.1) is 13.0 Å². The van der Waals surface area contributed by atoms with Gasteiger partial charge in [0, 0.05) is 6.04 Å². The second-order valence-corrected chi connectivity index (χ2v) is 3.24. The Bertz CT molecular complexity index is 159. The first-order valence-electron chi connectivity index (χ1n) is 4.60. The average Bonchev–Trinajstić information content (AvgIpc) is 2.16. The van der Waals surface area contributed by atoms with Crippen molar-refractivity contribution in [2.24, 2.45) is 5.92 Å². The minimum Gasteiger partial charge on any atom is -0.469 e. The molecule has 1 aliphatic rings. The van der Waals surface area contributed by atoms with E-state index in [0.29, 0.717) is 6.04 Å². The van der Waals surface area contributed by atoms with E-state index < -0.39 is 0 Å². The lowest BCUT2D eigenvalue weighted by Crippen LogP contribution is -2.44. The minimum atomic E-state index is -0.0611. The Labute approximate surface area is 73.5 Å². The summed E-state index contributed by atoms with van der Waals surface area (Å²) in [6.07, 6.45) is 3.05. The Hall–Kier alpha value is -0.570.